The van der Waals surface area contributed by atoms with Crippen LogP contribution in [-0.2, 0) is 4.79 Å². The van der Waals surface area contributed by atoms with Crippen LogP contribution in [0.25, 0.3) is 0 Å². The summed E-state index contributed by atoms with van der Waals surface area (Å²) in [5, 5.41) is 0. The van der Waals surface area contributed by atoms with E-state index in [-0.39, 0.29) is 23.0 Å². The molecule has 1 aliphatic heterocycles. The third-order valence-corrected chi connectivity index (χ3v) is 3.91. The van der Waals surface area contributed by atoms with Gasteiger partial charge in [-0.15, -0.1) is 0 Å². The smallest absolute Gasteiger partial charge is 0.262 e. The van der Waals surface area contributed by atoms with Crippen LogP contribution in [0.3, 0.4) is 0 Å². The minimum Gasteiger partial charge on any atom is -0.297 e. The average molecular weight is 257 g/mol. The van der Waals surface area contributed by atoms with Gasteiger partial charge in [0.1, 0.15) is 0 Å². The van der Waals surface area contributed by atoms with Crippen molar-refractivity contribution >= 4 is 17.6 Å². The van der Waals surface area contributed by atoms with Gasteiger partial charge in [-0.2, -0.15) is 0 Å². The number of imide groups is 1. The van der Waals surface area contributed by atoms with E-state index in [1.165, 1.54) is 0 Å². The molecule has 0 bridgehead atoms. The van der Waals surface area contributed by atoms with E-state index in [9.17, 15) is 14.4 Å². The van der Waals surface area contributed by atoms with Gasteiger partial charge in [-0.05, 0) is 24.0 Å². The zero-order valence-electron chi connectivity index (χ0n) is 11.0. The standard InChI is InChI=1S/C15H15NO3/c1-15(2)7-11(12(17)8-15)16-13(18)9-5-3-4-6-10(9)14(16)19/h3-6,11H,7-8H2,1-2H3/t11-/m0/s1. The summed E-state index contributed by atoms with van der Waals surface area (Å²) in [7, 11) is 0. The topological polar surface area (TPSA) is 54.5 Å². The Morgan fingerprint density at radius 3 is 2.00 bits per heavy atom. The van der Waals surface area contributed by atoms with Gasteiger partial charge in [0.25, 0.3) is 11.8 Å². The Morgan fingerprint density at radius 1 is 1.05 bits per heavy atom. The molecule has 3 rings (SSSR count). The number of rotatable bonds is 1. The Bertz CT molecular complexity index is 568. The lowest BCUT2D eigenvalue weighted by Crippen LogP contribution is -2.42. The number of Topliss-reactive ketones (excluding diaryl/α,β-unsaturated/α-hetero) is 1. The van der Waals surface area contributed by atoms with Crippen molar-refractivity contribution in [2.75, 3.05) is 0 Å². The monoisotopic (exact) mass is 257 g/mol. The predicted molar refractivity (Wildman–Crippen MR) is 68.8 cm³/mol. The number of hydrogen-bond acceptors (Lipinski definition) is 3. The molecule has 4 heteroatoms. The van der Waals surface area contributed by atoms with Gasteiger partial charge in [0.15, 0.2) is 5.78 Å². The molecule has 0 saturated heterocycles. The number of fused-ring (bicyclic) bond motifs is 1. The zero-order chi connectivity index (χ0) is 13.8. The maximum absolute atomic E-state index is 12.3. The number of carbonyl (C=O) groups is 3. The van der Waals surface area contributed by atoms with E-state index in [0.29, 0.717) is 24.0 Å². The molecule has 0 unspecified atom stereocenters. The lowest BCUT2D eigenvalue weighted by Gasteiger charge is -2.22. The molecule has 1 fully saturated rings. The van der Waals surface area contributed by atoms with Crippen LogP contribution in [0.5, 0.6) is 0 Å². The number of ketones is 1. The van der Waals surface area contributed by atoms with Crippen molar-refractivity contribution in [3.8, 4) is 0 Å². The van der Waals surface area contributed by atoms with Crippen molar-refractivity contribution in [3.05, 3.63) is 35.4 Å². The van der Waals surface area contributed by atoms with E-state index in [1.807, 2.05) is 13.8 Å². The molecular weight excluding hydrogens is 242 g/mol. The van der Waals surface area contributed by atoms with E-state index >= 15 is 0 Å². The molecule has 98 valence electrons. The first-order valence-corrected chi connectivity index (χ1v) is 6.40. The second-order valence-corrected chi connectivity index (χ2v) is 6.05. The molecule has 0 aromatic heterocycles. The molecule has 1 aromatic carbocycles. The average Bonchev–Trinajstić information content (AvgIpc) is 2.75. The van der Waals surface area contributed by atoms with Crippen molar-refractivity contribution in [1.82, 2.24) is 4.90 Å². The number of benzene rings is 1. The highest BCUT2D eigenvalue weighted by Gasteiger charge is 2.48. The largest absolute Gasteiger partial charge is 0.297 e. The molecule has 1 heterocycles. The van der Waals surface area contributed by atoms with Crippen LogP contribution in [0.15, 0.2) is 24.3 Å². The minimum absolute atomic E-state index is 0.0143. The summed E-state index contributed by atoms with van der Waals surface area (Å²) in [5.74, 6) is -0.687. The molecule has 1 aliphatic carbocycles. The summed E-state index contributed by atoms with van der Waals surface area (Å²) in [4.78, 5) is 37.8. The summed E-state index contributed by atoms with van der Waals surface area (Å²) in [6, 6.07) is 6.14. The van der Waals surface area contributed by atoms with Gasteiger partial charge in [0.2, 0.25) is 0 Å². The van der Waals surface area contributed by atoms with Crippen LogP contribution in [-0.4, -0.2) is 28.5 Å². The molecule has 0 spiro atoms. The highest BCUT2D eigenvalue weighted by Crippen LogP contribution is 2.39. The van der Waals surface area contributed by atoms with Crippen molar-refractivity contribution < 1.29 is 14.4 Å². The minimum atomic E-state index is -0.595. The van der Waals surface area contributed by atoms with Gasteiger partial charge in [-0.1, -0.05) is 26.0 Å². The van der Waals surface area contributed by atoms with Crippen LogP contribution in [0.1, 0.15) is 47.4 Å². The van der Waals surface area contributed by atoms with Gasteiger partial charge in [0, 0.05) is 6.42 Å². The third kappa shape index (κ3) is 1.70. The quantitative estimate of drug-likeness (QED) is 0.723. The first-order chi connectivity index (χ1) is 8.91. The summed E-state index contributed by atoms with van der Waals surface area (Å²) in [6.45, 7) is 3.98. The highest BCUT2D eigenvalue weighted by atomic mass is 16.2. The highest BCUT2D eigenvalue weighted by molar-refractivity contribution is 6.23. The molecular formula is C15H15NO3. The Balaban J connectivity index is 1.99. The Morgan fingerprint density at radius 2 is 1.58 bits per heavy atom. The van der Waals surface area contributed by atoms with Crippen LogP contribution in [0.4, 0.5) is 0 Å². The molecule has 4 nitrogen and oxygen atoms in total. The van der Waals surface area contributed by atoms with Crippen molar-refractivity contribution in [1.29, 1.82) is 0 Å². The van der Waals surface area contributed by atoms with Gasteiger partial charge >= 0.3 is 0 Å². The van der Waals surface area contributed by atoms with E-state index < -0.39 is 6.04 Å². The first-order valence-electron chi connectivity index (χ1n) is 6.40. The van der Waals surface area contributed by atoms with Crippen molar-refractivity contribution in [3.63, 3.8) is 0 Å². The van der Waals surface area contributed by atoms with E-state index in [1.54, 1.807) is 24.3 Å². The van der Waals surface area contributed by atoms with Crippen molar-refractivity contribution in [2.24, 2.45) is 5.41 Å². The SMILES string of the molecule is CC1(C)CC(=O)[C@@H](N2C(=O)c3ccccc3C2=O)C1. The maximum Gasteiger partial charge on any atom is 0.262 e. The first kappa shape index (κ1) is 12.1. The normalized spacial score (nSPS) is 25.1. The zero-order valence-corrected chi connectivity index (χ0v) is 11.0. The van der Waals surface area contributed by atoms with Gasteiger partial charge in [-0.3, -0.25) is 19.3 Å². The summed E-state index contributed by atoms with van der Waals surface area (Å²) >= 11 is 0. The fourth-order valence-electron chi connectivity index (χ4n) is 3.03. The molecule has 0 N–H and O–H groups in total. The fourth-order valence-corrected chi connectivity index (χ4v) is 3.03. The maximum atomic E-state index is 12.3. The van der Waals surface area contributed by atoms with E-state index in [0.717, 1.165) is 4.90 Å². The number of carbonyl (C=O) groups excluding carboxylic acids is 3. The van der Waals surface area contributed by atoms with Gasteiger partial charge < -0.3 is 0 Å². The van der Waals surface area contributed by atoms with Gasteiger partial charge in [-0.25, -0.2) is 0 Å². The third-order valence-electron chi connectivity index (χ3n) is 3.91. The molecule has 0 radical (unpaired) electrons. The second kappa shape index (κ2) is 3.76. The van der Waals surface area contributed by atoms with Crippen LogP contribution in [0.2, 0.25) is 0 Å². The second-order valence-electron chi connectivity index (χ2n) is 6.05. The van der Waals surface area contributed by atoms with Crippen LogP contribution < -0.4 is 0 Å². The van der Waals surface area contributed by atoms with Crippen LogP contribution in [0, 0.1) is 5.41 Å². The Kier molecular flexibility index (Phi) is 2.39. The van der Waals surface area contributed by atoms with E-state index in [4.69, 9.17) is 0 Å². The predicted octanol–water partition coefficient (Wildman–Crippen LogP) is 2.04. The molecule has 2 amide bonds. The molecule has 1 atom stereocenters. The Labute approximate surface area is 111 Å². The summed E-state index contributed by atoms with van der Waals surface area (Å²) in [5.41, 5.74) is 0.673. The number of amides is 2. The van der Waals surface area contributed by atoms with Crippen LogP contribution >= 0.6 is 0 Å². The molecule has 2 aliphatic rings. The van der Waals surface area contributed by atoms with Crippen molar-refractivity contribution in [2.45, 2.75) is 32.7 Å². The lowest BCUT2D eigenvalue weighted by atomic mass is 9.91. The fraction of sp³-hybridized carbons (Fsp3) is 0.400. The molecule has 1 aromatic rings. The Hall–Kier alpha value is -1.97. The summed E-state index contributed by atoms with van der Waals surface area (Å²) in [6.07, 6.45) is 0.975. The van der Waals surface area contributed by atoms with E-state index in [2.05, 4.69) is 0 Å². The number of nitrogens with zero attached hydrogens (tertiary/aromatic N) is 1. The summed E-state index contributed by atoms with van der Waals surface area (Å²) < 4.78 is 0. The molecule has 19 heavy (non-hydrogen) atoms. The molecule has 1 saturated carbocycles. The lowest BCUT2D eigenvalue weighted by molar-refractivity contribution is -0.121. The van der Waals surface area contributed by atoms with Gasteiger partial charge in [0.05, 0.1) is 17.2 Å². The number of hydrogen-bond donors (Lipinski definition) is 0.